The lowest BCUT2D eigenvalue weighted by molar-refractivity contribution is 0.101. The van der Waals surface area contributed by atoms with Crippen LogP contribution in [0.4, 0.5) is 5.69 Å². The second kappa shape index (κ2) is 10.6. The molecule has 0 aliphatic heterocycles. The van der Waals surface area contributed by atoms with E-state index in [0.717, 1.165) is 7.11 Å². The van der Waals surface area contributed by atoms with Gasteiger partial charge in [0.25, 0.3) is 21.8 Å². The number of anilines is 1. The highest BCUT2D eigenvalue weighted by molar-refractivity contribution is 7.89. The standard InChI is InChI=1S/C23H18Cl2N4O6S/c1-33-14-8-9-19(15(24)12-14)35-23-21(27-17-5-3-4-6-18(17)28-23)22(30)26-13-7-10-20(16(25)11-13)36(31,32)29-34-2/h3-12,29H,1-2H3,(H,26,30). The number of carbonyl (C=O) groups is 1. The van der Waals surface area contributed by atoms with Gasteiger partial charge in [-0.25, -0.2) is 18.4 Å². The summed E-state index contributed by atoms with van der Waals surface area (Å²) in [6, 6.07) is 15.6. The van der Waals surface area contributed by atoms with Gasteiger partial charge < -0.3 is 14.8 Å². The summed E-state index contributed by atoms with van der Waals surface area (Å²) in [5.74, 6) is -0.000250. The van der Waals surface area contributed by atoms with Crippen LogP contribution in [0.2, 0.25) is 10.0 Å². The third kappa shape index (κ3) is 5.50. The summed E-state index contributed by atoms with van der Waals surface area (Å²) >= 11 is 12.4. The van der Waals surface area contributed by atoms with Gasteiger partial charge in [0, 0.05) is 11.8 Å². The number of benzene rings is 3. The van der Waals surface area contributed by atoms with Crippen molar-refractivity contribution in [2.24, 2.45) is 0 Å². The Morgan fingerprint density at radius 1 is 0.917 bits per heavy atom. The molecule has 0 bridgehead atoms. The van der Waals surface area contributed by atoms with E-state index in [4.69, 9.17) is 32.7 Å². The number of methoxy groups -OCH3 is 1. The summed E-state index contributed by atoms with van der Waals surface area (Å²) < 4.78 is 35.3. The van der Waals surface area contributed by atoms with Crippen molar-refractivity contribution < 1.29 is 27.5 Å². The van der Waals surface area contributed by atoms with Crippen LogP contribution in [0.1, 0.15) is 10.5 Å². The second-order valence-electron chi connectivity index (χ2n) is 7.15. The van der Waals surface area contributed by atoms with E-state index in [9.17, 15) is 13.2 Å². The van der Waals surface area contributed by atoms with Crippen molar-refractivity contribution in [2.75, 3.05) is 19.5 Å². The topological polar surface area (TPSA) is 129 Å². The Hall–Kier alpha value is -3.48. The SMILES string of the molecule is CONS(=O)(=O)c1ccc(NC(=O)c2nc3ccccc3nc2Oc2ccc(OC)cc2Cl)cc1Cl. The van der Waals surface area contributed by atoms with Gasteiger partial charge >= 0.3 is 0 Å². The summed E-state index contributed by atoms with van der Waals surface area (Å²) in [6.45, 7) is 0. The van der Waals surface area contributed by atoms with E-state index in [1.807, 2.05) is 4.89 Å². The van der Waals surface area contributed by atoms with Crippen molar-refractivity contribution in [1.82, 2.24) is 14.9 Å². The Kier molecular flexibility index (Phi) is 7.57. The fourth-order valence-electron chi connectivity index (χ4n) is 3.14. The molecule has 0 radical (unpaired) electrons. The van der Waals surface area contributed by atoms with Gasteiger partial charge in [0.15, 0.2) is 5.69 Å². The fourth-order valence-corrected chi connectivity index (χ4v) is 4.71. The average Bonchev–Trinajstić information content (AvgIpc) is 2.84. The van der Waals surface area contributed by atoms with Gasteiger partial charge in [-0.05, 0) is 42.5 Å². The molecular weight excluding hydrogens is 531 g/mol. The zero-order chi connectivity index (χ0) is 25.9. The van der Waals surface area contributed by atoms with E-state index in [-0.39, 0.29) is 38.0 Å². The number of carbonyl (C=O) groups excluding carboxylic acids is 1. The van der Waals surface area contributed by atoms with E-state index >= 15 is 0 Å². The molecule has 0 fully saturated rings. The molecule has 1 heterocycles. The summed E-state index contributed by atoms with van der Waals surface area (Å²) in [4.78, 5) is 28.2. The number of nitrogens with zero attached hydrogens (tertiary/aromatic N) is 2. The number of halogens is 2. The lowest BCUT2D eigenvalue weighted by Gasteiger charge is -2.13. The van der Waals surface area contributed by atoms with Gasteiger partial charge in [0.2, 0.25) is 0 Å². The highest BCUT2D eigenvalue weighted by Gasteiger charge is 2.22. The molecule has 0 spiro atoms. The molecule has 4 aromatic rings. The number of amides is 1. The first-order chi connectivity index (χ1) is 17.2. The van der Waals surface area contributed by atoms with Gasteiger partial charge in [-0.15, -0.1) is 0 Å². The number of sulfonamides is 1. The second-order valence-corrected chi connectivity index (χ2v) is 9.58. The van der Waals surface area contributed by atoms with Crippen molar-refractivity contribution >= 4 is 55.9 Å². The molecule has 10 nitrogen and oxygen atoms in total. The molecule has 0 saturated carbocycles. The Bertz CT molecular complexity index is 1570. The minimum Gasteiger partial charge on any atom is -0.497 e. The van der Waals surface area contributed by atoms with Crippen LogP contribution in [0.15, 0.2) is 65.6 Å². The zero-order valence-electron chi connectivity index (χ0n) is 18.8. The maximum absolute atomic E-state index is 13.2. The van der Waals surface area contributed by atoms with Gasteiger partial charge in [-0.1, -0.05) is 40.2 Å². The molecule has 2 N–H and O–H groups in total. The molecule has 36 heavy (non-hydrogen) atoms. The normalized spacial score (nSPS) is 11.3. The quantitative estimate of drug-likeness (QED) is 0.299. The van der Waals surface area contributed by atoms with Crippen LogP contribution in [0.25, 0.3) is 11.0 Å². The fraction of sp³-hybridized carbons (Fsp3) is 0.0870. The Labute approximate surface area is 216 Å². The number of nitrogens with one attached hydrogen (secondary N) is 2. The number of hydrogen-bond donors (Lipinski definition) is 2. The van der Waals surface area contributed by atoms with Crippen LogP contribution < -0.4 is 19.7 Å². The third-order valence-corrected chi connectivity index (χ3v) is 6.81. The number of ether oxygens (including phenoxy) is 2. The largest absolute Gasteiger partial charge is 0.497 e. The molecule has 0 aliphatic carbocycles. The van der Waals surface area contributed by atoms with Crippen LogP contribution in [0.5, 0.6) is 17.4 Å². The molecule has 0 aliphatic rings. The average molecular weight is 549 g/mol. The molecule has 1 aromatic heterocycles. The van der Waals surface area contributed by atoms with Crippen molar-refractivity contribution in [3.63, 3.8) is 0 Å². The van der Waals surface area contributed by atoms with Crippen molar-refractivity contribution in [2.45, 2.75) is 4.90 Å². The first-order valence-corrected chi connectivity index (χ1v) is 12.4. The third-order valence-electron chi connectivity index (χ3n) is 4.77. The van der Waals surface area contributed by atoms with E-state index < -0.39 is 15.9 Å². The van der Waals surface area contributed by atoms with Crippen LogP contribution in [-0.2, 0) is 14.9 Å². The van der Waals surface area contributed by atoms with Crippen LogP contribution in [-0.4, -0.2) is 38.5 Å². The van der Waals surface area contributed by atoms with Crippen molar-refractivity contribution in [3.05, 3.63) is 76.4 Å². The number of para-hydroxylation sites is 2. The van der Waals surface area contributed by atoms with Crippen LogP contribution in [0, 0.1) is 0 Å². The highest BCUT2D eigenvalue weighted by Crippen LogP contribution is 2.34. The van der Waals surface area contributed by atoms with E-state index in [0.29, 0.717) is 16.8 Å². The maximum Gasteiger partial charge on any atom is 0.279 e. The van der Waals surface area contributed by atoms with Crippen molar-refractivity contribution in [3.8, 4) is 17.4 Å². The summed E-state index contributed by atoms with van der Waals surface area (Å²) in [7, 11) is -1.33. The highest BCUT2D eigenvalue weighted by atomic mass is 35.5. The van der Waals surface area contributed by atoms with Gasteiger partial charge in [0.05, 0.1) is 35.3 Å². The van der Waals surface area contributed by atoms with E-state index in [1.54, 1.807) is 42.5 Å². The minimum absolute atomic E-state index is 0.0899. The number of rotatable bonds is 8. The van der Waals surface area contributed by atoms with Gasteiger partial charge in [-0.2, -0.15) is 0 Å². The molecule has 186 valence electrons. The van der Waals surface area contributed by atoms with E-state index in [2.05, 4.69) is 20.1 Å². The Balaban J connectivity index is 1.69. The molecule has 1 amide bonds. The summed E-state index contributed by atoms with van der Waals surface area (Å²) in [5, 5.41) is 2.73. The number of fused-ring (bicyclic) bond motifs is 1. The minimum atomic E-state index is -3.99. The molecule has 0 unspecified atom stereocenters. The predicted molar refractivity (Wildman–Crippen MR) is 134 cm³/mol. The first-order valence-electron chi connectivity index (χ1n) is 10.2. The van der Waals surface area contributed by atoms with Gasteiger partial charge in [-0.3, -0.25) is 9.63 Å². The number of aromatic nitrogens is 2. The Morgan fingerprint density at radius 3 is 2.28 bits per heavy atom. The number of hydrogen-bond acceptors (Lipinski definition) is 8. The molecule has 4 rings (SSSR count). The molecule has 0 saturated heterocycles. The molecule has 13 heteroatoms. The monoisotopic (exact) mass is 548 g/mol. The summed E-state index contributed by atoms with van der Waals surface area (Å²) in [5.41, 5.74) is 1.04. The lowest BCUT2D eigenvalue weighted by atomic mass is 10.2. The smallest absolute Gasteiger partial charge is 0.279 e. The molecule has 0 atom stereocenters. The van der Waals surface area contributed by atoms with E-state index in [1.165, 1.54) is 25.3 Å². The zero-order valence-corrected chi connectivity index (χ0v) is 21.1. The van der Waals surface area contributed by atoms with Gasteiger partial charge in [0.1, 0.15) is 16.4 Å². The Morgan fingerprint density at radius 2 is 1.64 bits per heavy atom. The lowest BCUT2D eigenvalue weighted by Crippen LogP contribution is -2.22. The van der Waals surface area contributed by atoms with Crippen molar-refractivity contribution in [1.29, 1.82) is 0 Å². The first kappa shape index (κ1) is 25.6. The summed E-state index contributed by atoms with van der Waals surface area (Å²) in [6.07, 6.45) is 0. The van der Waals surface area contributed by atoms with Crippen LogP contribution in [0.3, 0.4) is 0 Å². The molecular formula is C23H18Cl2N4O6S. The predicted octanol–water partition coefficient (Wildman–Crippen LogP) is 4.83. The maximum atomic E-state index is 13.2. The molecule has 3 aromatic carbocycles. The van der Waals surface area contributed by atoms with Crippen LogP contribution >= 0.6 is 23.2 Å².